The van der Waals surface area contributed by atoms with Crippen LogP contribution in [0.2, 0.25) is 0 Å². The summed E-state index contributed by atoms with van der Waals surface area (Å²) in [7, 11) is 0. The first kappa shape index (κ1) is 28.7. The highest BCUT2D eigenvalue weighted by Gasteiger charge is 2.28. The largest absolute Gasteiger partial charge is 0.478 e. The third kappa shape index (κ3) is 7.06. The van der Waals surface area contributed by atoms with Crippen LogP contribution in [0.25, 0.3) is 11.1 Å². The first-order chi connectivity index (χ1) is 20.5. The molecule has 0 spiro atoms. The van der Waals surface area contributed by atoms with E-state index in [1.807, 2.05) is 36.4 Å². The Bertz CT molecular complexity index is 1470. The minimum Gasteiger partial charge on any atom is -0.478 e. The van der Waals surface area contributed by atoms with Gasteiger partial charge in [0, 0.05) is 38.6 Å². The maximum Gasteiger partial charge on any atom is 0.337 e. The number of carboxylic acids is 1. The van der Waals surface area contributed by atoms with Gasteiger partial charge in [-0.05, 0) is 46.5 Å². The molecular formula is C33H32N4O5. The van der Waals surface area contributed by atoms with Crippen LogP contribution < -0.4 is 5.32 Å². The summed E-state index contributed by atoms with van der Waals surface area (Å²) in [4.78, 5) is 45.3. The number of aromatic nitrogens is 1. The van der Waals surface area contributed by atoms with Crippen LogP contribution in [0.3, 0.4) is 0 Å². The second kappa shape index (κ2) is 13.7. The number of aromatic carboxylic acids is 1. The SMILES string of the molecule is O=C(COCC(=O)N1CCN(C(c2ccccc2)c2ccccc2)CC1)Nc1ccc(-c2ccncc2)cc1C(=O)O. The third-order valence-corrected chi connectivity index (χ3v) is 7.26. The zero-order valence-corrected chi connectivity index (χ0v) is 23.1. The van der Waals surface area contributed by atoms with Gasteiger partial charge in [-0.25, -0.2) is 4.79 Å². The van der Waals surface area contributed by atoms with Crippen molar-refractivity contribution in [2.24, 2.45) is 0 Å². The molecule has 0 bridgehead atoms. The molecule has 2 amide bonds. The number of benzene rings is 3. The number of nitrogens with one attached hydrogen (secondary N) is 1. The number of ether oxygens (including phenoxy) is 1. The number of hydrogen-bond acceptors (Lipinski definition) is 6. The molecule has 2 heterocycles. The number of hydrogen-bond donors (Lipinski definition) is 2. The molecule has 0 aliphatic carbocycles. The van der Waals surface area contributed by atoms with Crippen LogP contribution >= 0.6 is 0 Å². The summed E-state index contributed by atoms with van der Waals surface area (Å²) in [6.45, 7) is 1.90. The van der Waals surface area contributed by atoms with Crippen molar-refractivity contribution >= 4 is 23.5 Å². The van der Waals surface area contributed by atoms with Crippen molar-refractivity contribution in [2.75, 3.05) is 44.7 Å². The summed E-state index contributed by atoms with van der Waals surface area (Å²) in [6, 6.07) is 29.1. The highest BCUT2D eigenvalue weighted by Crippen LogP contribution is 2.29. The molecule has 0 atom stereocenters. The van der Waals surface area contributed by atoms with Crippen LogP contribution in [0.5, 0.6) is 0 Å². The summed E-state index contributed by atoms with van der Waals surface area (Å²) in [5.74, 6) is -1.90. The van der Waals surface area contributed by atoms with Crippen molar-refractivity contribution in [1.29, 1.82) is 0 Å². The molecule has 1 aliphatic rings. The van der Waals surface area contributed by atoms with Gasteiger partial charge < -0.3 is 20.1 Å². The average molecular weight is 565 g/mol. The van der Waals surface area contributed by atoms with E-state index in [4.69, 9.17) is 4.74 Å². The lowest BCUT2D eigenvalue weighted by Gasteiger charge is -2.39. The second-order valence-electron chi connectivity index (χ2n) is 9.98. The molecular weight excluding hydrogens is 532 g/mol. The number of pyridine rings is 1. The fourth-order valence-corrected chi connectivity index (χ4v) is 5.18. The van der Waals surface area contributed by atoms with E-state index in [2.05, 4.69) is 39.5 Å². The molecule has 0 unspecified atom stereocenters. The quantitative estimate of drug-likeness (QED) is 0.295. The Hall–Kier alpha value is -4.86. The number of amides is 2. The van der Waals surface area contributed by atoms with Gasteiger partial charge in [-0.3, -0.25) is 19.5 Å². The molecule has 1 aliphatic heterocycles. The number of nitrogens with zero attached hydrogens (tertiary/aromatic N) is 3. The van der Waals surface area contributed by atoms with E-state index < -0.39 is 11.9 Å². The Morgan fingerprint density at radius 1 is 0.786 bits per heavy atom. The maximum absolute atomic E-state index is 12.8. The molecule has 2 N–H and O–H groups in total. The first-order valence-electron chi connectivity index (χ1n) is 13.8. The van der Waals surface area contributed by atoms with Crippen LogP contribution in [-0.4, -0.2) is 77.1 Å². The molecule has 42 heavy (non-hydrogen) atoms. The van der Waals surface area contributed by atoms with E-state index in [0.29, 0.717) is 31.7 Å². The molecule has 1 fully saturated rings. The van der Waals surface area contributed by atoms with Crippen LogP contribution in [0.1, 0.15) is 27.5 Å². The highest BCUT2D eigenvalue weighted by atomic mass is 16.5. The van der Waals surface area contributed by atoms with Gasteiger partial charge in [0.25, 0.3) is 0 Å². The first-order valence-corrected chi connectivity index (χ1v) is 13.8. The molecule has 3 aromatic carbocycles. The number of carboxylic acid groups (broad SMARTS) is 1. The number of anilines is 1. The lowest BCUT2D eigenvalue weighted by atomic mass is 9.96. The Morgan fingerprint density at radius 2 is 1.40 bits per heavy atom. The monoisotopic (exact) mass is 564 g/mol. The van der Waals surface area contributed by atoms with Crippen LogP contribution in [0, 0.1) is 0 Å². The Balaban J connectivity index is 1.12. The van der Waals surface area contributed by atoms with Crippen molar-refractivity contribution in [3.05, 3.63) is 120 Å². The van der Waals surface area contributed by atoms with Crippen molar-refractivity contribution in [3.63, 3.8) is 0 Å². The Morgan fingerprint density at radius 3 is 2.00 bits per heavy atom. The van der Waals surface area contributed by atoms with Crippen LogP contribution in [0.15, 0.2) is 103 Å². The Kier molecular flexibility index (Phi) is 9.33. The predicted octanol–water partition coefficient (Wildman–Crippen LogP) is 4.34. The van der Waals surface area contributed by atoms with Gasteiger partial charge >= 0.3 is 5.97 Å². The van der Waals surface area contributed by atoms with E-state index in [9.17, 15) is 19.5 Å². The van der Waals surface area contributed by atoms with Crippen molar-refractivity contribution in [3.8, 4) is 11.1 Å². The van der Waals surface area contributed by atoms with Gasteiger partial charge in [-0.1, -0.05) is 66.7 Å². The summed E-state index contributed by atoms with van der Waals surface area (Å²) in [5.41, 5.74) is 4.02. The van der Waals surface area contributed by atoms with Gasteiger partial charge in [-0.2, -0.15) is 0 Å². The average Bonchev–Trinajstić information content (AvgIpc) is 3.03. The lowest BCUT2D eigenvalue weighted by Crippen LogP contribution is -2.50. The molecule has 5 rings (SSSR count). The smallest absolute Gasteiger partial charge is 0.337 e. The zero-order valence-electron chi connectivity index (χ0n) is 23.1. The number of carbonyl (C=O) groups excluding carboxylic acids is 2. The summed E-state index contributed by atoms with van der Waals surface area (Å²) < 4.78 is 5.42. The van der Waals surface area contributed by atoms with Gasteiger partial charge in [-0.15, -0.1) is 0 Å². The third-order valence-electron chi connectivity index (χ3n) is 7.26. The van der Waals surface area contributed by atoms with Crippen molar-refractivity contribution in [1.82, 2.24) is 14.8 Å². The van der Waals surface area contributed by atoms with E-state index in [0.717, 1.165) is 5.56 Å². The normalized spacial score (nSPS) is 13.6. The second-order valence-corrected chi connectivity index (χ2v) is 9.98. The minimum atomic E-state index is -1.17. The van der Waals surface area contributed by atoms with Gasteiger partial charge in [0.2, 0.25) is 11.8 Å². The highest BCUT2D eigenvalue weighted by molar-refractivity contribution is 6.02. The van der Waals surface area contributed by atoms with E-state index in [1.165, 1.54) is 17.2 Å². The molecule has 4 aromatic rings. The van der Waals surface area contributed by atoms with Crippen LogP contribution in [-0.2, 0) is 14.3 Å². The summed E-state index contributed by atoms with van der Waals surface area (Å²) in [6.07, 6.45) is 3.24. The Labute approximate surface area is 244 Å². The van der Waals surface area contributed by atoms with E-state index in [1.54, 1.807) is 41.6 Å². The fourth-order valence-electron chi connectivity index (χ4n) is 5.18. The lowest BCUT2D eigenvalue weighted by molar-refractivity contribution is -0.139. The molecule has 9 heteroatoms. The van der Waals surface area contributed by atoms with E-state index in [-0.39, 0.29) is 36.4 Å². The molecule has 214 valence electrons. The zero-order chi connectivity index (χ0) is 29.3. The molecule has 0 radical (unpaired) electrons. The van der Waals surface area contributed by atoms with Crippen molar-refractivity contribution < 1.29 is 24.2 Å². The molecule has 9 nitrogen and oxygen atoms in total. The number of piperazine rings is 1. The van der Waals surface area contributed by atoms with Gasteiger partial charge in [0.1, 0.15) is 13.2 Å². The van der Waals surface area contributed by atoms with E-state index >= 15 is 0 Å². The summed E-state index contributed by atoms with van der Waals surface area (Å²) >= 11 is 0. The minimum absolute atomic E-state index is 0.0454. The van der Waals surface area contributed by atoms with Crippen LogP contribution in [0.4, 0.5) is 5.69 Å². The van der Waals surface area contributed by atoms with Gasteiger partial charge in [0.15, 0.2) is 0 Å². The standard InChI is InChI=1S/C33H32N4O5/c38-30(35-29-12-11-27(21-28(29)33(40)41)24-13-15-34-16-14-24)22-42-23-31(39)36-17-19-37(20-18-36)32(25-7-3-1-4-8-25)26-9-5-2-6-10-26/h1-16,21,32H,17-20,22-23H2,(H,35,38)(H,40,41). The van der Waals surface area contributed by atoms with Crippen molar-refractivity contribution in [2.45, 2.75) is 6.04 Å². The fraction of sp³-hybridized carbons (Fsp3) is 0.212. The summed E-state index contributed by atoms with van der Waals surface area (Å²) in [5, 5.41) is 12.3. The maximum atomic E-state index is 12.8. The molecule has 0 saturated carbocycles. The predicted molar refractivity (Wildman–Crippen MR) is 159 cm³/mol. The topological polar surface area (TPSA) is 112 Å². The molecule has 1 aromatic heterocycles. The number of rotatable bonds is 10. The molecule has 1 saturated heterocycles. The van der Waals surface area contributed by atoms with Gasteiger partial charge in [0.05, 0.1) is 17.3 Å². The number of carbonyl (C=O) groups is 3.